The van der Waals surface area contributed by atoms with Crippen molar-refractivity contribution in [3.63, 3.8) is 0 Å². The number of aliphatic hydroxyl groups is 1. The standard InChI is InChI=1S/C24H21ClN6O4S/c1-36(33,34)17-6-4-16(5-7-17)35-20-14-15(22-19(25)3-2-9-26-22)13-18-23(20)28-29-24(18)27-21-8-10-31(30-21)11-12-32/h2-10,13-14,32H,11-12H2,1H3,(H2,27,28,29,30). The van der Waals surface area contributed by atoms with Gasteiger partial charge in [0.2, 0.25) is 0 Å². The molecule has 12 heteroatoms. The average Bonchev–Trinajstić information content (AvgIpc) is 3.47. The first-order chi connectivity index (χ1) is 17.3. The molecular weight excluding hydrogens is 504 g/mol. The molecule has 3 aromatic heterocycles. The van der Waals surface area contributed by atoms with E-state index < -0.39 is 9.84 Å². The van der Waals surface area contributed by atoms with Gasteiger partial charge >= 0.3 is 0 Å². The van der Waals surface area contributed by atoms with Gasteiger partial charge in [-0.05, 0) is 48.5 Å². The zero-order valence-electron chi connectivity index (χ0n) is 19.0. The predicted molar refractivity (Wildman–Crippen MR) is 137 cm³/mol. The molecule has 5 rings (SSSR count). The van der Waals surface area contributed by atoms with Crippen molar-refractivity contribution in [2.75, 3.05) is 18.2 Å². The quantitative estimate of drug-likeness (QED) is 0.272. The minimum absolute atomic E-state index is 0.0213. The molecule has 0 atom stereocenters. The lowest BCUT2D eigenvalue weighted by molar-refractivity contribution is 0.269. The lowest BCUT2D eigenvalue weighted by atomic mass is 10.1. The minimum Gasteiger partial charge on any atom is -0.455 e. The number of sulfone groups is 1. The van der Waals surface area contributed by atoms with Crippen LogP contribution in [0.3, 0.4) is 0 Å². The topological polar surface area (TPSA) is 135 Å². The van der Waals surface area contributed by atoms with Crippen LogP contribution in [-0.2, 0) is 16.4 Å². The summed E-state index contributed by atoms with van der Waals surface area (Å²) in [7, 11) is -3.33. The third-order valence-corrected chi connectivity index (χ3v) is 6.80. The van der Waals surface area contributed by atoms with Gasteiger partial charge < -0.3 is 15.2 Å². The summed E-state index contributed by atoms with van der Waals surface area (Å²) >= 11 is 6.43. The van der Waals surface area contributed by atoms with Crippen LogP contribution in [0, 0.1) is 0 Å². The van der Waals surface area contributed by atoms with E-state index in [9.17, 15) is 8.42 Å². The lowest BCUT2D eigenvalue weighted by Crippen LogP contribution is -2.03. The zero-order chi connectivity index (χ0) is 25.3. The number of nitrogens with zero attached hydrogens (tertiary/aromatic N) is 4. The fourth-order valence-electron chi connectivity index (χ4n) is 3.66. The summed E-state index contributed by atoms with van der Waals surface area (Å²) < 4.78 is 31.4. The number of fused-ring (bicyclic) bond motifs is 1. The van der Waals surface area contributed by atoms with Crippen LogP contribution in [0.5, 0.6) is 11.5 Å². The highest BCUT2D eigenvalue weighted by Crippen LogP contribution is 2.38. The Morgan fingerprint density at radius 2 is 1.97 bits per heavy atom. The number of aromatic nitrogens is 5. The molecule has 5 aromatic rings. The van der Waals surface area contributed by atoms with E-state index in [0.29, 0.717) is 56.9 Å². The molecule has 3 N–H and O–H groups in total. The Bertz CT molecular complexity index is 1650. The van der Waals surface area contributed by atoms with Crippen LogP contribution in [0.1, 0.15) is 0 Å². The highest BCUT2D eigenvalue weighted by Gasteiger charge is 2.17. The first-order valence-corrected chi connectivity index (χ1v) is 13.1. The van der Waals surface area contributed by atoms with E-state index in [1.165, 1.54) is 12.1 Å². The largest absolute Gasteiger partial charge is 0.455 e. The van der Waals surface area contributed by atoms with Crippen molar-refractivity contribution in [3.8, 4) is 22.8 Å². The van der Waals surface area contributed by atoms with Crippen LogP contribution < -0.4 is 10.1 Å². The summed E-state index contributed by atoms with van der Waals surface area (Å²) in [6, 6.07) is 15.1. The molecule has 184 valence electrons. The number of aliphatic hydroxyl groups excluding tert-OH is 1. The summed E-state index contributed by atoms with van der Waals surface area (Å²) in [6.07, 6.45) is 4.55. The number of rotatable bonds is 8. The Hall–Kier alpha value is -3.93. The molecule has 0 bridgehead atoms. The molecule has 0 aliphatic carbocycles. The second kappa shape index (κ2) is 9.61. The van der Waals surface area contributed by atoms with Gasteiger partial charge in [-0.1, -0.05) is 11.6 Å². The third kappa shape index (κ3) is 4.89. The number of anilines is 2. The van der Waals surface area contributed by atoms with E-state index in [-0.39, 0.29) is 11.5 Å². The molecule has 0 aliphatic rings. The maximum atomic E-state index is 11.8. The number of hydrogen-bond acceptors (Lipinski definition) is 8. The first-order valence-electron chi connectivity index (χ1n) is 10.8. The van der Waals surface area contributed by atoms with Gasteiger partial charge in [0.05, 0.1) is 28.8 Å². The molecule has 0 amide bonds. The van der Waals surface area contributed by atoms with Crippen molar-refractivity contribution in [2.45, 2.75) is 11.4 Å². The number of halogens is 1. The molecule has 0 radical (unpaired) electrons. The molecule has 2 aromatic carbocycles. The second-order valence-electron chi connectivity index (χ2n) is 7.96. The van der Waals surface area contributed by atoms with Crippen molar-refractivity contribution in [1.82, 2.24) is 25.0 Å². The van der Waals surface area contributed by atoms with Gasteiger partial charge in [0.25, 0.3) is 0 Å². The van der Waals surface area contributed by atoms with Gasteiger partial charge in [-0.2, -0.15) is 10.2 Å². The van der Waals surface area contributed by atoms with Gasteiger partial charge in [0.1, 0.15) is 11.3 Å². The monoisotopic (exact) mass is 524 g/mol. The average molecular weight is 525 g/mol. The number of pyridine rings is 1. The van der Waals surface area contributed by atoms with E-state index in [2.05, 4.69) is 25.6 Å². The van der Waals surface area contributed by atoms with Gasteiger partial charge in [-0.15, -0.1) is 0 Å². The first kappa shape index (κ1) is 23.8. The van der Waals surface area contributed by atoms with Crippen molar-refractivity contribution in [3.05, 3.63) is 72.0 Å². The molecule has 10 nitrogen and oxygen atoms in total. The highest BCUT2D eigenvalue weighted by molar-refractivity contribution is 7.90. The summed E-state index contributed by atoms with van der Waals surface area (Å²) in [6.45, 7) is 0.355. The maximum absolute atomic E-state index is 11.8. The van der Waals surface area contributed by atoms with Gasteiger partial charge in [-0.3, -0.25) is 14.8 Å². The number of benzene rings is 2. The summed E-state index contributed by atoms with van der Waals surface area (Å²) in [5.41, 5.74) is 1.87. The fraction of sp³-hybridized carbons (Fsp3) is 0.125. The van der Waals surface area contributed by atoms with Crippen molar-refractivity contribution < 1.29 is 18.3 Å². The van der Waals surface area contributed by atoms with Crippen molar-refractivity contribution >= 4 is 44.0 Å². The van der Waals surface area contributed by atoms with E-state index in [0.717, 1.165) is 6.26 Å². The summed E-state index contributed by atoms with van der Waals surface area (Å²) in [4.78, 5) is 4.62. The number of H-pyrrole nitrogens is 1. The molecule has 0 aliphatic heterocycles. The molecule has 0 saturated carbocycles. The number of aromatic amines is 1. The minimum atomic E-state index is -3.33. The molecule has 0 unspecified atom stereocenters. The number of hydrogen-bond donors (Lipinski definition) is 3. The molecule has 36 heavy (non-hydrogen) atoms. The molecular formula is C24H21ClN6O4S. The maximum Gasteiger partial charge on any atom is 0.175 e. The zero-order valence-corrected chi connectivity index (χ0v) is 20.6. The normalized spacial score (nSPS) is 11.6. The van der Waals surface area contributed by atoms with E-state index in [1.807, 2.05) is 6.07 Å². The number of ether oxygens (including phenoxy) is 1. The SMILES string of the molecule is CS(=O)(=O)c1ccc(Oc2cc(-c3ncccc3Cl)cc3c(Nc4ccn(CCO)n4)n[nH]c23)cc1. The molecule has 0 saturated heterocycles. The van der Waals surface area contributed by atoms with Crippen molar-refractivity contribution in [1.29, 1.82) is 0 Å². The summed E-state index contributed by atoms with van der Waals surface area (Å²) in [5, 5.41) is 25.3. The van der Waals surface area contributed by atoms with E-state index in [1.54, 1.807) is 53.5 Å². The number of nitrogens with one attached hydrogen (secondary N) is 2. The van der Waals surface area contributed by atoms with E-state index in [4.69, 9.17) is 21.4 Å². The summed E-state index contributed by atoms with van der Waals surface area (Å²) in [5.74, 6) is 1.95. The van der Waals surface area contributed by atoms with Crippen LogP contribution in [0.2, 0.25) is 5.02 Å². The smallest absolute Gasteiger partial charge is 0.175 e. The van der Waals surface area contributed by atoms with Crippen LogP contribution >= 0.6 is 11.6 Å². The lowest BCUT2D eigenvalue weighted by Gasteiger charge is -2.11. The predicted octanol–water partition coefficient (Wildman–Crippen LogP) is 4.41. The molecule has 0 spiro atoms. The second-order valence-corrected chi connectivity index (χ2v) is 10.4. The third-order valence-electron chi connectivity index (χ3n) is 5.36. The van der Waals surface area contributed by atoms with Crippen LogP contribution in [0.15, 0.2) is 71.9 Å². The fourth-order valence-corrected chi connectivity index (χ4v) is 4.52. The van der Waals surface area contributed by atoms with E-state index >= 15 is 0 Å². The van der Waals surface area contributed by atoms with Crippen LogP contribution in [0.25, 0.3) is 22.2 Å². The highest BCUT2D eigenvalue weighted by atomic mass is 35.5. The Morgan fingerprint density at radius 1 is 1.17 bits per heavy atom. The Labute approximate surface area is 211 Å². The van der Waals surface area contributed by atoms with Gasteiger partial charge in [0.15, 0.2) is 27.2 Å². The van der Waals surface area contributed by atoms with Gasteiger partial charge in [0, 0.05) is 35.7 Å². The van der Waals surface area contributed by atoms with Crippen LogP contribution in [-0.4, -0.2) is 51.3 Å². The molecule has 0 fully saturated rings. The molecule has 3 heterocycles. The Balaban J connectivity index is 1.58. The Kier molecular flexibility index (Phi) is 6.35. The Morgan fingerprint density at radius 3 is 2.69 bits per heavy atom. The van der Waals surface area contributed by atoms with Crippen molar-refractivity contribution in [2.24, 2.45) is 0 Å². The van der Waals surface area contributed by atoms with Crippen LogP contribution in [0.4, 0.5) is 11.6 Å². The van der Waals surface area contributed by atoms with Gasteiger partial charge in [-0.25, -0.2) is 8.42 Å².